The van der Waals surface area contributed by atoms with Crippen LogP contribution in [-0.2, 0) is 14.6 Å². The lowest BCUT2D eigenvalue weighted by molar-refractivity contribution is -0.115. The minimum Gasteiger partial charge on any atom is -0.326 e. The molecule has 0 radical (unpaired) electrons. The van der Waals surface area contributed by atoms with Crippen LogP contribution in [0.1, 0.15) is 31.7 Å². The highest BCUT2D eigenvalue weighted by molar-refractivity contribution is 7.91. The maximum atomic E-state index is 12.1. The van der Waals surface area contributed by atoms with Gasteiger partial charge >= 0.3 is 0 Å². The Kier molecular flexibility index (Phi) is 5.55. The number of benzene rings is 2. The van der Waals surface area contributed by atoms with E-state index < -0.39 is 9.84 Å². The lowest BCUT2D eigenvalue weighted by atomic mass is 10.0. The van der Waals surface area contributed by atoms with E-state index in [2.05, 4.69) is 19.2 Å². The molecule has 1 amide bonds. The molecule has 0 atom stereocenters. The van der Waals surface area contributed by atoms with Gasteiger partial charge in [0.05, 0.1) is 10.6 Å². The molecule has 1 N–H and O–H groups in total. The first kappa shape index (κ1) is 17.2. The molecule has 0 aromatic heterocycles. The number of sulfone groups is 1. The van der Waals surface area contributed by atoms with E-state index in [1.165, 1.54) is 17.7 Å². The molecule has 2 rings (SSSR count). The van der Waals surface area contributed by atoms with Gasteiger partial charge in [0, 0.05) is 12.1 Å². The lowest BCUT2D eigenvalue weighted by Crippen LogP contribution is -2.17. The zero-order valence-electron chi connectivity index (χ0n) is 13.3. The first-order valence-electron chi connectivity index (χ1n) is 7.56. The molecule has 0 aliphatic rings. The fourth-order valence-corrected chi connectivity index (χ4v) is 3.41. The molecular weight excluding hydrogens is 310 g/mol. The third kappa shape index (κ3) is 4.93. The van der Waals surface area contributed by atoms with Crippen molar-refractivity contribution < 1.29 is 13.2 Å². The highest BCUT2D eigenvalue weighted by atomic mass is 32.2. The second kappa shape index (κ2) is 7.42. The summed E-state index contributed by atoms with van der Waals surface area (Å²) in [6.07, 6.45) is -0.0663. The van der Waals surface area contributed by atoms with Crippen molar-refractivity contribution in [2.75, 3.05) is 11.1 Å². The summed E-state index contributed by atoms with van der Waals surface area (Å²) in [5, 5.41) is 2.73. The predicted octanol–water partition coefficient (Wildman–Crippen LogP) is 3.61. The van der Waals surface area contributed by atoms with Gasteiger partial charge in [-0.2, -0.15) is 0 Å². The Morgan fingerprint density at radius 1 is 1.00 bits per heavy atom. The fraction of sp³-hybridized carbons (Fsp3) is 0.278. The standard InChI is InChI=1S/C18H21NO3S/c1-14(2)15-8-10-16(11-9-15)19-18(20)12-13-23(21,22)17-6-4-3-5-7-17/h3-11,14H,12-13H2,1-2H3,(H,19,20). The Labute approximate surface area is 137 Å². The highest BCUT2D eigenvalue weighted by Crippen LogP contribution is 2.17. The Morgan fingerprint density at radius 3 is 2.17 bits per heavy atom. The molecule has 23 heavy (non-hydrogen) atoms. The summed E-state index contributed by atoms with van der Waals surface area (Å²) >= 11 is 0. The average Bonchev–Trinajstić information content (AvgIpc) is 2.54. The maximum Gasteiger partial charge on any atom is 0.225 e. The molecular formula is C18H21NO3S. The number of nitrogens with one attached hydrogen (secondary N) is 1. The van der Waals surface area contributed by atoms with Crippen LogP contribution in [0, 0.1) is 0 Å². The van der Waals surface area contributed by atoms with E-state index in [0.29, 0.717) is 11.6 Å². The van der Waals surface area contributed by atoms with Gasteiger partial charge in [0.15, 0.2) is 9.84 Å². The van der Waals surface area contributed by atoms with Crippen LogP contribution in [0.3, 0.4) is 0 Å². The van der Waals surface area contributed by atoms with Crippen molar-refractivity contribution in [1.29, 1.82) is 0 Å². The van der Waals surface area contributed by atoms with Crippen molar-refractivity contribution in [3.8, 4) is 0 Å². The summed E-state index contributed by atoms with van der Waals surface area (Å²) in [5.74, 6) is -0.0787. The Balaban J connectivity index is 1.92. The minimum absolute atomic E-state index is 0.0663. The van der Waals surface area contributed by atoms with Crippen molar-refractivity contribution in [3.05, 3.63) is 60.2 Å². The van der Waals surface area contributed by atoms with Crippen molar-refractivity contribution in [2.45, 2.75) is 31.1 Å². The van der Waals surface area contributed by atoms with Crippen molar-refractivity contribution in [3.63, 3.8) is 0 Å². The summed E-state index contributed by atoms with van der Waals surface area (Å²) in [6, 6.07) is 15.8. The van der Waals surface area contributed by atoms with E-state index in [-0.39, 0.29) is 23.0 Å². The Hall–Kier alpha value is -2.14. The summed E-state index contributed by atoms with van der Waals surface area (Å²) in [5.41, 5.74) is 1.87. The smallest absolute Gasteiger partial charge is 0.225 e. The van der Waals surface area contributed by atoms with Crippen LogP contribution in [0.4, 0.5) is 5.69 Å². The van der Waals surface area contributed by atoms with Crippen molar-refractivity contribution in [1.82, 2.24) is 0 Å². The summed E-state index contributed by atoms with van der Waals surface area (Å²) in [7, 11) is -3.43. The second-order valence-corrected chi connectivity index (χ2v) is 7.82. The molecule has 0 bridgehead atoms. The van der Waals surface area contributed by atoms with Gasteiger partial charge in [-0.1, -0.05) is 44.2 Å². The van der Waals surface area contributed by atoms with Gasteiger partial charge in [0.1, 0.15) is 0 Å². The van der Waals surface area contributed by atoms with Crippen molar-refractivity contribution in [2.24, 2.45) is 0 Å². The highest BCUT2D eigenvalue weighted by Gasteiger charge is 2.16. The molecule has 4 nitrogen and oxygen atoms in total. The molecule has 0 aliphatic heterocycles. The topological polar surface area (TPSA) is 63.2 Å². The third-order valence-corrected chi connectivity index (χ3v) is 5.29. The molecule has 2 aromatic carbocycles. The zero-order chi connectivity index (χ0) is 16.9. The molecule has 0 saturated carbocycles. The number of rotatable bonds is 6. The Morgan fingerprint density at radius 2 is 1.61 bits per heavy atom. The van der Waals surface area contributed by atoms with E-state index in [9.17, 15) is 13.2 Å². The molecule has 122 valence electrons. The molecule has 0 fully saturated rings. The van der Waals surface area contributed by atoms with Gasteiger partial charge in [-0.05, 0) is 35.7 Å². The second-order valence-electron chi connectivity index (χ2n) is 5.71. The molecule has 2 aromatic rings. The Bertz CT molecular complexity index is 751. The number of carbonyl (C=O) groups excluding carboxylic acids is 1. The summed E-state index contributed by atoms with van der Waals surface area (Å²) < 4.78 is 24.3. The monoisotopic (exact) mass is 331 g/mol. The van der Waals surface area contributed by atoms with E-state index >= 15 is 0 Å². The zero-order valence-corrected chi connectivity index (χ0v) is 14.1. The van der Waals surface area contributed by atoms with Crippen LogP contribution in [0.25, 0.3) is 0 Å². The molecule has 0 spiro atoms. The molecule has 5 heteroatoms. The lowest BCUT2D eigenvalue weighted by Gasteiger charge is -2.09. The third-order valence-electron chi connectivity index (χ3n) is 3.56. The number of hydrogen-bond donors (Lipinski definition) is 1. The summed E-state index contributed by atoms with van der Waals surface area (Å²) in [4.78, 5) is 12.2. The van der Waals surface area contributed by atoms with Gasteiger partial charge in [0.25, 0.3) is 0 Å². The normalized spacial score (nSPS) is 11.4. The number of carbonyl (C=O) groups is 1. The first-order chi connectivity index (χ1) is 10.9. The van der Waals surface area contributed by atoms with E-state index in [4.69, 9.17) is 0 Å². The van der Waals surface area contributed by atoms with Crippen LogP contribution in [0.2, 0.25) is 0 Å². The SMILES string of the molecule is CC(C)c1ccc(NC(=O)CCS(=O)(=O)c2ccccc2)cc1. The maximum absolute atomic E-state index is 12.1. The van der Waals surface area contributed by atoms with Crippen LogP contribution in [0.15, 0.2) is 59.5 Å². The molecule has 0 aliphatic carbocycles. The van der Waals surface area contributed by atoms with E-state index in [1.54, 1.807) is 18.2 Å². The number of amides is 1. The molecule has 0 unspecified atom stereocenters. The van der Waals surface area contributed by atoms with Gasteiger partial charge in [-0.25, -0.2) is 8.42 Å². The van der Waals surface area contributed by atoms with Gasteiger partial charge < -0.3 is 5.32 Å². The minimum atomic E-state index is -3.43. The first-order valence-corrected chi connectivity index (χ1v) is 9.21. The average molecular weight is 331 g/mol. The van der Waals surface area contributed by atoms with E-state index in [1.807, 2.05) is 24.3 Å². The van der Waals surface area contributed by atoms with Crippen LogP contribution >= 0.6 is 0 Å². The quantitative estimate of drug-likeness (QED) is 0.879. The van der Waals surface area contributed by atoms with Crippen LogP contribution in [-0.4, -0.2) is 20.1 Å². The van der Waals surface area contributed by atoms with Crippen molar-refractivity contribution >= 4 is 21.4 Å². The van der Waals surface area contributed by atoms with Gasteiger partial charge in [-0.3, -0.25) is 4.79 Å². The number of anilines is 1. The summed E-state index contributed by atoms with van der Waals surface area (Å²) in [6.45, 7) is 4.20. The molecule has 0 saturated heterocycles. The fourth-order valence-electron chi connectivity index (χ4n) is 2.15. The predicted molar refractivity (Wildman–Crippen MR) is 92.3 cm³/mol. The van der Waals surface area contributed by atoms with Gasteiger partial charge in [0.2, 0.25) is 5.91 Å². The number of hydrogen-bond acceptors (Lipinski definition) is 3. The molecule has 0 heterocycles. The van der Waals surface area contributed by atoms with Gasteiger partial charge in [-0.15, -0.1) is 0 Å². The largest absolute Gasteiger partial charge is 0.326 e. The van der Waals surface area contributed by atoms with Crippen LogP contribution in [0.5, 0.6) is 0 Å². The van der Waals surface area contributed by atoms with E-state index in [0.717, 1.165) is 0 Å². The van der Waals surface area contributed by atoms with Crippen LogP contribution < -0.4 is 5.32 Å².